The normalized spacial score (nSPS) is 30.1. The van der Waals surface area contributed by atoms with Crippen LogP contribution in [0.1, 0.15) is 29.0 Å². The summed E-state index contributed by atoms with van der Waals surface area (Å²) in [5.74, 6) is -1.01. The molecule has 2 unspecified atom stereocenters. The Morgan fingerprint density at radius 2 is 1.70 bits per heavy atom. The lowest BCUT2D eigenvalue weighted by Gasteiger charge is -2.20. The lowest BCUT2D eigenvalue weighted by Crippen LogP contribution is -2.45. The molecule has 1 amide bonds. The maximum Gasteiger partial charge on any atom is 0.481 e. The molecule has 8 N–H and O–H groups in total. The highest BCUT2D eigenvalue weighted by Crippen LogP contribution is 2.61. The number of aromatic nitrogens is 4. The van der Waals surface area contributed by atoms with Crippen molar-refractivity contribution >= 4 is 21.6 Å². The number of nitrogens with zero attached hydrogens (tertiary/aromatic N) is 4. The number of benzene rings is 1. The van der Waals surface area contributed by atoms with Crippen LogP contribution in [0.4, 0.5) is 0 Å². The Labute approximate surface area is 266 Å². The maximum atomic E-state index is 12.5. The van der Waals surface area contributed by atoms with Crippen LogP contribution in [0.3, 0.4) is 0 Å². The number of carbonyl (C=O) groups is 1. The average Bonchev–Trinajstić information content (AvgIpc) is 3.71. The van der Waals surface area contributed by atoms with E-state index in [1.807, 2.05) is 0 Å². The number of hydrogen-bond acceptors (Lipinski definition) is 14. The van der Waals surface area contributed by atoms with Gasteiger partial charge in [-0.3, -0.25) is 13.8 Å². The number of phosphoric acid groups is 2. The van der Waals surface area contributed by atoms with E-state index in [0.717, 1.165) is 4.68 Å². The molecular weight excluding hydrogens is 668 g/mol. The largest absolute Gasteiger partial charge is 0.497 e. The molecule has 1 aliphatic carbocycles. The van der Waals surface area contributed by atoms with Gasteiger partial charge in [0.15, 0.2) is 24.7 Å². The quantitative estimate of drug-likeness (QED) is 0.0847. The summed E-state index contributed by atoms with van der Waals surface area (Å²) in [4.78, 5) is 31.7. The summed E-state index contributed by atoms with van der Waals surface area (Å²) in [5, 5.41) is 49.9. The zero-order valence-electron chi connectivity index (χ0n) is 24.6. The molecule has 19 nitrogen and oxygen atoms in total. The molecule has 2 aliphatic rings. The van der Waals surface area contributed by atoms with E-state index in [2.05, 4.69) is 14.6 Å². The van der Waals surface area contributed by atoms with Crippen molar-refractivity contribution in [3.8, 4) is 17.0 Å². The lowest BCUT2D eigenvalue weighted by molar-refractivity contribution is -0.728. The minimum absolute atomic E-state index is 0.0241. The molecule has 1 saturated heterocycles. The monoisotopic (exact) mass is 702 g/mol. The number of ether oxygens (including phenoxy) is 2. The van der Waals surface area contributed by atoms with Gasteiger partial charge in [-0.05, 0) is 30.3 Å². The van der Waals surface area contributed by atoms with Gasteiger partial charge >= 0.3 is 15.6 Å². The van der Waals surface area contributed by atoms with Gasteiger partial charge in [-0.2, -0.15) is 8.88 Å². The molecule has 1 aliphatic heterocycles. The minimum atomic E-state index is -5.33. The highest BCUT2D eigenvalue weighted by atomic mass is 31.3. The third kappa shape index (κ3) is 8.11. The van der Waals surface area contributed by atoms with Crippen molar-refractivity contribution in [3.05, 3.63) is 60.6 Å². The summed E-state index contributed by atoms with van der Waals surface area (Å²) in [5.41, 5.74) is 6.53. The van der Waals surface area contributed by atoms with Crippen molar-refractivity contribution in [3.63, 3.8) is 0 Å². The molecule has 256 valence electrons. The van der Waals surface area contributed by atoms with E-state index < -0.39 is 83.5 Å². The second kappa shape index (κ2) is 14.1. The molecular formula is C26H34N5O14P2+. The van der Waals surface area contributed by atoms with Crippen LogP contribution in [0.5, 0.6) is 5.75 Å². The zero-order chi connectivity index (χ0) is 34.1. The number of aliphatic hydroxyl groups excluding tert-OH is 4. The van der Waals surface area contributed by atoms with Crippen LogP contribution in [-0.4, -0.2) is 102 Å². The Balaban J connectivity index is 1.13. The Hall–Kier alpha value is -3.16. The number of hydrogen-bond donors (Lipinski definition) is 7. The number of phosphoric ester groups is 2. The van der Waals surface area contributed by atoms with Gasteiger partial charge in [0.05, 0.1) is 32.6 Å². The second-order valence-corrected chi connectivity index (χ2v) is 14.0. The lowest BCUT2D eigenvalue weighted by atomic mass is 10.1. The summed E-state index contributed by atoms with van der Waals surface area (Å²) >= 11 is 0. The van der Waals surface area contributed by atoms with Crippen LogP contribution >= 0.6 is 15.6 Å². The molecule has 47 heavy (non-hydrogen) atoms. The van der Waals surface area contributed by atoms with Crippen LogP contribution in [0, 0.1) is 5.92 Å². The molecule has 3 heterocycles. The smallest absolute Gasteiger partial charge is 0.481 e. The van der Waals surface area contributed by atoms with Crippen molar-refractivity contribution < 1.29 is 71.5 Å². The molecule has 10 atom stereocenters. The molecule has 5 rings (SSSR count). The van der Waals surface area contributed by atoms with E-state index in [0.29, 0.717) is 17.0 Å². The molecule has 2 fully saturated rings. The maximum absolute atomic E-state index is 12.5. The summed E-state index contributed by atoms with van der Waals surface area (Å²) in [6.45, 7) is -1.54. The summed E-state index contributed by atoms with van der Waals surface area (Å²) in [6.07, 6.45) is -4.25. The standard InChI is InChI=1S/C26H33N5O14P2/c1-41-17-6-4-14(5-7-17)18-11-31(29-28-18)26-24(35)23(34)20(44-26)13-43-47(39,40)45-46(37,38)42-12-16-9-19(22(33)21(16)32)30-8-2-3-15(10-30)25(27)36/h2-8,10-11,16,19-24,26,32-35H,9,12-13H2,1H3,(H3-,27,36,37,38,39,40)/p+1/t16-,19-,20+,21-,22+,23+,24+,26+/m1/s1. The number of nitrogens with two attached hydrogens (primary N) is 1. The molecule has 0 bridgehead atoms. The van der Waals surface area contributed by atoms with Gasteiger partial charge in [-0.1, -0.05) is 5.21 Å². The highest BCUT2D eigenvalue weighted by Gasteiger charge is 2.49. The van der Waals surface area contributed by atoms with Gasteiger partial charge in [0.25, 0.3) is 5.91 Å². The van der Waals surface area contributed by atoms with E-state index >= 15 is 0 Å². The SMILES string of the molecule is COc1ccc(-c2cn([C@H]3O[C@@H](COP(=O)(O)OP(=O)(O)OC[C@H]4C[C@@H]([n+]5cccc(C(N)=O)c5)[C@H](O)[C@@H]4O)[C@H](O)[C@@H]3O)nn2)cc1. The van der Waals surface area contributed by atoms with Gasteiger partial charge in [-0.15, -0.1) is 5.10 Å². The molecule has 3 aromatic rings. The topological polar surface area (TPSA) is 279 Å². The third-order valence-corrected chi connectivity index (χ3v) is 10.4. The van der Waals surface area contributed by atoms with E-state index in [1.165, 1.54) is 42.4 Å². The Kier molecular flexibility index (Phi) is 10.6. The van der Waals surface area contributed by atoms with E-state index in [9.17, 15) is 44.1 Å². The molecule has 21 heteroatoms. The van der Waals surface area contributed by atoms with E-state index in [4.69, 9.17) is 24.3 Å². The summed E-state index contributed by atoms with van der Waals surface area (Å²) < 4.78 is 52.2. The predicted octanol–water partition coefficient (Wildman–Crippen LogP) is -0.807. The van der Waals surface area contributed by atoms with Crippen molar-refractivity contribution in [2.24, 2.45) is 11.7 Å². The minimum Gasteiger partial charge on any atom is -0.497 e. The third-order valence-electron chi connectivity index (χ3n) is 7.82. The van der Waals surface area contributed by atoms with Crippen LogP contribution in [0.15, 0.2) is 55.0 Å². The number of rotatable bonds is 13. The number of methoxy groups -OCH3 is 1. The number of aliphatic hydroxyl groups is 4. The first-order chi connectivity index (χ1) is 22.2. The first-order valence-corrected chi connectivity index (χ1v) is 17.1. The van der Waals surface area contributed by atoms with Gasteiger partial charge in [0, 0.05) is 24.0 Å². The second-order valence-electron chi connectivity index (χ2n) is 10.9. The zero-order valence-corrected chi connectivity index (χ0v) is 26.4. The fraction of sp³-hybridized carbons (Fsp3) is 0.462. The molecule has 0 spiro atoms. The molecule has 2 aromatic heterocycles. The Morgan fingerprint density at radius 3 is 2.36 bits per heavy atom. The molecule has 0 radical (unpaired) electrons. The first-order valence-electron chi connectivity index (χ1n) is 14.1. The van der Waals surface area contributed by atoms with E-state index in [-0.39, 0.29) is 12.0 Å². The Morgan fingerprint density at radius 1 is 1.02 bits per heavy atom. The van der Waals surface area contributed by atoms with Crippen molar-refractivity contribution in [2.75, 3.05) is 20.3 Å². The Bertz CT molecular complexity index is 1660. The van der Waals surface area contributed by atoms with Crippen LogP contribution in [-0.2, 0) is 27.2 Å². The number of pyridine rings is 1. The van der Waals surface area contributed by atoms with Gasteiger partial charge < -0.3 is 45.4 Å². The van der Waals surface area contributed by atoms with Crippen molar-refractivity contribution in [1.82, 2.24) is 15.0 Å². The fourth-order valence-corrected chi connectivity index (χ4v) is 7.46. The van der Waals surface area contributed by atoms with E-state index in [1.54, 1.807) is 24.3 Å². The number of amides is 1. The van der Waals surface area contributed by atoms with Crippen molar-refractivity contribution in [1.29, 1.82) is 0 Å². The fourth-order valence-electron chi connectivity index (χ4n) is 5.32. The molecule has 1 aromatic carbocycles. The predicted molar refractivity (Wildman–Crippen MR) is 155 cm³/mol. The number of primary amides is 1. The summed E-state index contributed by atoms with van der Waals surface area (Å²) in [7, 11) is -9.09. The van der Waals surface area contributed by atoms with Crippen LogP contribution in [0.2, 0.25) is 0 Å². The van der Waals surface area contributed by atoms with Crippen molar-refractivity contribution in [2.45, 2.75) is 49.2 Å². The average molecular weight is 703 g/mol. The first kappa shape index (κ1) is 35.2. The number of carbonyl (C=O) groups excluding carboxylic acids is 1. The van der Waals surface area contributed by atoms with Crippen LogP contribution < -0.4 is 15.0 Å². The van der Waals surface area contributed by atoms with Gasteiger partial charge in [-0.25, -0.2) is 13.8 Å². The van der Waals surface area contributed by atoms with Gasteiger partial charge in [0.1, 0.15) is 41.4 Å². The van der Waals surface area contributed by atoms with Crippen LogP contribution in [0.25, 0.3) is 11.3 Å². The summed E-state index contributed by atoms with van der Waals surface area (Å²) in [6, 6.07) is 9.11. The molecule has 1 saturated carbocycles. The van der Waals surface area contributed by atoms with Gasteiger partial charge in [0.2, 0.25) is 0 Å². The highest BCUT2D eigenvalue weighted by molar-refractivity contribution is 7.61.